The van der Waals surface area contributed by atoms with Crippen LogP contribution in [-0.2, 0) is 33.2 Å². The van der Waals surface area contributed by atoms with Crippen LogP contribution in [0.3, 0.4) is 0 Å². The van der Waals surface area contributed by atoms with E-state index in [0.717, 1.165) is 64.2 Å². The average molecular weight is 1290 g/mol. The van der Waals surface area contributed by atoms with Crippen molar-refractivity contribution in [2.75, 3.05) is 26.4 Å². The van der Waals surface area contributed by atoms with Gasteiger partial charge in [-0.3, -0.25) is 4.79 Å². The van der Waals surface area contributed by atoms with Gasteiger partial charge in [0.15, 0.2) is 18.9 Å². The van der Waals surface area contributed by atoms with Crippen LogP contribution in [0.4, 0.5) is 0 Å². The molecule has 0 bridgehead atoms. The Kier molecular flexibility index (Phi) is 48.4. The SMILES string of the molecule is CCC/C=C/CC/C=C/CC/C=C/C(O)C(COC1OC(CO)C(OC2OC(CO)C(OC3OC(CO)C(O)C(O)C3O)C(O)C2O)C(O)C1O)NC(=O)CCCCCCCCCCCCCCCCCCCCCC/C=C\C/C=C\C/C=C\CCCCCCC. The Morgan fingerprint density at radius 1 is 0.396 bits per heavy atom. The highest BCUT2D eigenvalue weighted by Crippen LogP contribution is 2.33. The van der Waals surface area contributed by atoms with Crippen LogP contribution in [0.25, 0.3) is 0 Å². The van der Waals surface area contributed by atoms with Crippen LogP contribution in [0.1, 0.15) is 245 Å². The van der Waals surface area contributed by atoms with Gasteiger partial charge in [0.05, 0.1) is 38.6 Å². The van der Waals surface area contributed by atoms with Crippen molar-refractivity contribution < 1.29 is 89.4 Å². The fourth-order valence-electron chi connectivity index (χ4n) is 11.7. The fourth-order valence-corrected chi connectivity index (χ4v) is 11.7. The van der Waals surface area contributed by atoms with Crippen LogP contribution in [0, 0.1) is 0 Å². The normalized spacial score (nSPS) is 28.3. The number of carbonyl (C=O) groups is 1. The molecule has 19 nitrogen and oxygen atoms in total. The third-order valence-corrected chi connectivity index (χ3v) is 17.4. The van der Waals surface area contributed by atoms with E-state index in [1.54, 1.807) is 6.08 Å². The molecule has 91 heavy (non-hydrogen) atoms. The van der Waals surface area contributed by atoms with E-state index in [1.165, 1.54) is 148 Å². The number of rotatable bonds is 54. The minimum Gasteiger partial charge on any atom is -0.394 e. The van der Waals surface area contributed by atoms with Crippen LogP contribution in [0.2, 0.25) is 0 Å². The van der Waals surface area contributed by atoms with E-state index in [2.05, 4.69) is 79.9 Å². The average Bonchev–Trinajstić information content (AvgIpc) is 0.850. The molecule has 3 aliphatic heterocycles. The van der Waals surface area contributed by atoms with E-state index in [4.69, 9.17) is 28.4 Å². The molecule has 0 aromatic rings. The summed E-state index contributed by atoms with van der Waals surface area (Å²) in [7, 11) is 0. The number of carbonyl (C=O) groups excluding carboxylic acids is 1. The summed E-state index contributed by atoms with van der Waals surface area (Å²) in [6.45, 7) is 1.61. The molecule has 0 saturated carbocycles. The minimum atomic E-state index is -1.98. The van der Waals surface area contributed by atoms with E-state index in [0.29, 0.717) is 12.8 Å². The lowest BCUT2D eigenvalue weighted by atomic mass is 9.96. The number of aliphatic hydroxyl groups excluding tert-OH is 11. The molecule has 12 N–H and O–H groups in total. The maximum Gasteiger partial charge on any atom is 0.220 e. The van der Waals surface area contributed by atoms with Gasteiger partial charge >= 0.3 is 0 Å². The molecule has 3 heterocycles. The zero-order valence-corrected chi connectivity index (χ0v) is 55.8. The van der Waals surface area contributed by atoms with Gasteiger partial charge in [-0.25, -0.2) is 0 Å². The molecule has 528 valence electrons. The number of nitrogens with one attached hydrogen (secondary N) is 1. The van der Waals surface area contributed by atoms with E-state index >= 15 is 0 Å². The third kappa shape index (κ3) is 35.2. The van der Waals surface area contributed by atoms with Crippen molar-refractivity contribution in [1.29, 1.82) is 0 Å². The van der Waals surface area contributed by atoms with Crippen LogP contribution in [-0.4, -0.2) is 193 Å². The Balaban J connectivity index is 1.32. The molecule has 0 aliphatic carbocycles. The van der Waals surface area contributed by atoms with Crippen molar-refractivity contribution in [1.82, 2.24) is 5.32 Å². The molecule has 3 saturated heterocycles. The predicted molar refractivity (Wildman–Crippen MR) is 355 cm³/mol. The first-order valence-electron chi connectivity index (χ1n) is 35.7. The molecule has 0 spiro atoms. The van der Waals surface area contributed by atoms with Crippen molar-refractivity contribution in [3.8, 4) is 0 Å². The monoisotopic (exact) mass is 1290 g/mol. The van der Waals surface area contributed by atoms with Crippen LogP contribution in [0.5, 0.6) is 0 Å². The standard InChI is InChI=1S/C72H127NO18/c1-3-5-7-9-11-13-15-16-17-18-19-20-21-22-23-24-25-26-27-28-29-30-31-32-33-34-35-36-37-38-40-42-44-46-48-50-60(78)73-55(56(77)49-47-45-43-41-39-14-12-10-8-6-4-2)54-86-70-66(84)63(81)68(58(52-75)88-70)91-72-67(85)64(82)69(59(53-76)89-72)90-71-65(83)62(80)61(79)57(51-74)87-71/h8,10,15-16,18-19,21-22,39,41,47,49,55-59,61-72,74-77,79-85H,3-7,9,11-14,17,20,23-38,40,42-46,48,50-54H2,1-2H3,(H,73,78)/b10-8+,16-15-,19-18-,22-21-,41-39+,49-47+. The zero-order valence-electron chi connectivity index (χ0n) is 55.8. The molecular weight excluding hydrogens is 1170 g/mol. The number of amides is 1. The van der Waals surface area contributed by atoms with Gasteiger partial charge in [0.25, 0.3) is 0 Å². The van der Waals surface area contributed by atoms with Gasteiger partial charge in [-0.05, 0) is 77.0 Å². The van der Waals surface area contributed by atoms with Crippen molar-refractivity contribution in [3.63, 3.8) is 0 Å². The van der Waals surface area contributed by atoms with Crippen LogP contribution in [0.15, 0.2) is 72.9 Å². The number of unbranched alkanes of at least 4 members (excludes halogenated alkanes) is 28. The molecule has 0 aromatic heterocycles. The smallest absolute Gasteiger partial charge is 0.220 e. The van der Waals surface area contributed by atoms with Gasteiger partial charge < -0.3 is 89.9 Å². The lowest BCUT2D eigenvalue weighted by Gasteiger charge is -2.48. The lowest BCUT2D eigenvalue weighted by molar-refractivity contribution is -0.379. The topological polar surface area (TPSA) is 307 Å². The van der Waals surface area contributed by atoms with Gasteiger partial charge in [-0.2, -0.15) is 0 Å². The van der Waals surface area contributed by atoms with Gasteiger partial charge in [0.1, 0.15) is 73.2 Å². The number of aliphatic hydroxyl groups is 11. The Morgan fingerprint density at radius 2 is 0.758 bits per heavy atom. The predicted octanol–water partition coefficient (Wildman–Crippen LogP) is 9.72. The summed E-state index contributed by atoms with van der Waals surface area (Å²) in [6, 6.07) is -0.997. The molecule has 3 aliphatic rings. The second kappa shape index (κ2) is 53.4. The summed E-state index contributed by atoms with van der Waals surface area (Å²) in [5.74, 6) is -0.291. The van der Waals surface area contributed by atoms with Crippen molar-refractivity contribution in [2.45, 2.75) is 349 Å². The first-order valence-corrected chi connectivity index (χ1v) is 35.7. The minimum absolute atomic E-state index is 0.231. The molecule has 1 amide bonds. The Morgan fingerprint density at radius 3 is 1.21 bits per heavy atom. The van der Waals surface area contributed by atoms with E-state index in [1.807, 2.05) is 6.08 Å². The summed E-state index contributed by atoms with van der Waals surface area (Å²) >= 11 is 0. The number of allylic oxidation sites excluding steroid dienone is 11. The number of hydrogen-bond acceptors (Lipinski definition) is 18. The zero-order chi connectivity index (χ0) is 66.1. The quantitative estimate of drug-likeness (QED) is 0.0199. The molecule has 17 atom stereocenters. The molecule has 3 fully saturated rings. The molecule has 19 heteroatoms. The molecule has 17 unspecified atom stereocenters. The number of ether oxygens (including phenoxy) is 6. The fraction of sp³-hybridized carbons (Fsp3) is 0.819. The third-order valence-electron chi connectivity index (χ3n) is 17.4. The van der Waals surface area contributed by atoms with Crippen LogP contribution >= 0.6 is 0 Å². The van der Waals surface area contributed by atoms with Gasteiger partial charge in [0, 0.05) is 6.42 Å². The highest BCUT2D eigenvalue weighted by atomic mass is 16.8. The van der Waals surface area contributed by atoms with E-state index < -0.39 is 124 Å². The maximum absolute atomic E-state index is 13.4. The summed E-state index contributed by atoms with van der Waals surface area (Å²) < 4.78 is 34.2. The highest BCUT2D eigenvalue weighted by Gasteiger charge is 2.53. The Hall–Kier alpha value is -2.77. The Bertz CT molecular complexity index is 1930. The van der Waals surface area contributed by atoms with Gasteiger partial charge in [0.2, 0.25) is 5.91 Å². The van der Waals surface area contributed by atoms with Crippen molar-refractivity contribution in [3.05, 3.63) is 72.9 Å². The number of hydrogen-bond donors (Lipinski definition) is 12. The van der Waals surface area contributed by atoms with Crippen molar-refractivity contribution in [2.24, 2.45) is 0 Å². The second-order valence-electron chi connectivity index (χ2n) is 25.3. The maximum atomic E-state index is 13.4. The van der Waals surface area contributed by atoms with E-state index in [-0.39, 0.29) is 18.9 Å². The summed E-state index contributed by atoms with van der Waals surface area (Å²) in [6.07, 6.45) is 40.7. The van der Waals surface area contributed by atoms with Gasteiger partial charge in [-0.15, -0.1) is 0 Å². The van der Waals surface area contributed by atoms with Crippen molar-refractivity contribution >= 4 is 5.91 Å². The summed E-state index contributed by atoms with van der Waals surface area (Å²) in [5, 5.41) is 120. The van der Waals surface area contributed by atoms with Crippen LogP contribution < -0.4 is 5.32 Å². The molecule has 3 rings (SSSR count). The largest absolute Gasteiger partial charge is 0.394 e. The van der Waals surface area contributed by atoms with Gasteiger partial charge in [-0.1, -0.05) is 234 Å². The lowest BCUT2D eigenvalue weighted by Crippen LogP contribution is -2.66. The summed E-state index contributed by atoms with van der Waals surface area (Å²) in [4.78, 5) is 13.4. The summed E-state index contributed by atoms with van der Waals surface area (Å²) in [5.41, 5.74) is 0. The second-order valence-corrected chi connectivity index (χ2v) is 25.3. The molecule has 0 aromatic carbocycles. The molecule has 0 radical (unpaired) electrons. The Labute approximate surface area is 547 Å². The first-order chi connectivity index (χ1) is 44.3. The van der Waals surface area contributed by atoms with E-state index in [9.17, 15) is 61.0 Å². The highest BCUT2D eigenvalue weighted by molar-refractivity contribution is 5.76. The molecular formula is C72H127NO18. The first kappa shape index (κ1) is 82.5.